The molecule has 0 saturated carbocycles. The van der Waals surface area contributed by atoms with Crippen molar-refractivity contribution in [3.8, 4) is 0 Å². The van der Waals surface area contributed by atoms with Crippen LogP contribution in [0, 0.1) is 17.0 Å². The number of nitrogens with zero attached hydrogens (tertiary/aromatic N) is 1. The van der Waals surface area contributed by atoms with Crippen LogP contribution in [-0.2, 0) is 16.4 Å². The number of anilines is 1. The summed E-state index contributed by atoms with van der Waals surface area (Å²) >= 11 is 0. The number of aryl methyl sites for hydroxylation is 1. The molecule has 9 heteroatoms. The molecule has 0 unspecified atom stereocenters. The average Bonchev–Trinajstić information content (AvgIpc) is 2.74. The number of nitro benzene ring substituents is 1. The van der Waals surface area contributed by atoms with Gasteiger partial charge in [0.05, 0.1) is 9.82 Å². The topological polar surface area (TPSA) is 118 Å². The molecule has 3 aromatic carbocycles. The Morgan fingerprint density at radius 3 is 2.29 bits per heavy atom. The number of carbonyl (C=O) groups is 1. The maximum absolute atomic E-state index is 12.5. The van der Waals surface area contributed by atoms with Crippen molar-refractivity contribution in [1.29, 1.82) is 0 Å². The zero-order valence-corrected chi connectivity index (χ0v) is 17.6. The van der Waals surface area contributed by atoms with Crippen LogP contribution in [0.3, 0.4) is 0 Å². The van der Waals surface area contributed by atoms with Gasteiger partial charge in [0.2, 0.25) is 10.0 Å². The van der Waals surface area contributed by atoms with Crippen LogP contribution in [0.15, 0.2) is 77.7 Å². The van der Waals surface area contributed by atoms with Crippen LogP contribution in [0.4, 0.5) is 11.4 Å². The van der Waals surface area contributed by atoms with Gasteiger partial charge in [-0.2, -0.15) is 0 Å². The quantitative estimate of drug-likeness (QED) is 0.410. The molecule has 0 aliphatic heterocycles. The van der Waals surface area contributed by atoms with Crippen molar-refractivity contribution in [2.24, 2.45) is 0 Å². The van der Waals surface area contributed by atoms with Crippen LogP contribution in [0.2, 0.25) is 0 Å². The van der Waals surface area contributed by atoms with Crippen molar-refractivity contribution in [2.75, 3.05) is 11.9 Å². The van der Waals surface area contributed by atoms with Gasteiger partial charge in [-0.05, 0) is 49.2 Å². The lowest BCUT2D eigenvalue weighted by Crippen LogP contribution is -2.26. The highest BCUT2D eigenvalue weighted by atomic mass is 32.2. The van der Waals surface area contributed by atoms with E-state index in [4.69, 9.17) is 0 Å². The van der Waals surface area contributed by atoms with Crippen molar-refractivity contribution in [1.82, 2.24) is 4.72 Å². The van der Waals surface area contributed by atoms with E-state index in [1.807, 2.05) is 30.3 Å². The van der Waals surface area contributed by atoms with Crippen molar-refractivity contribution in [3.05, 3.63) is 99.6 Å². The Labute approximate surface area is 180 Å². The fraction of sp³-hybridized carbons (Fsp3) is 0.136. The van der Waals surface area contributed by atoms with E-state index in [9.17, 15) is 23.3 Å². The van der Waals surface area contributed by atoms with E-state index in [-0.39, 0.29) is 22.7 Å². The number of sulfonamides is 1. The van der Waals surface area contributed by atoms with Crippen LogP contribution in [-0.4, -0.2) is 25.8 Å². The van der Waals surface area contributed by atoms with E-state index in [0.717, 1.165) is 5.56 Å². The van der Waals surface area contributed by atoms with Gasteiger partial charge in [-0.15, -0.1) is 0 Å². The van der Waals surface area contributed by atoms with Gasteiger partial charge in [-0.1, -0.05) is 42.5 Å². The zero-order chi connectivity index (χ0) is 22.4. The summed E-state index contributed by atoms with van der Waals surface area (Å²) in [5, 5.41) is 13.8. The lowest BCUT2D eigenvalue weighted by molar-refractivity contribution is -0.385. The number of nitrogens with one attached hydrogen (secondary N) is 2. The van der Waals surface area contributed by atoms with E-state index in [2.05, 4.69) is 10.0 Å². The van der Waals surface area contributed by atoms with Crippen LogP contribution in [0.1, 0.15) is 21.5 Å². The third-order valence-corrected chi connectivity index (χ3v) is 6.11. The molecule has 0 radical (unpaired) electrons. The Morgan fingerprint density at radius 2 is 1.65 bits per heavy atom. The predicted octanol–water partition coefficient (Wildman–Crippen LogP) is 3.68. The number of nitro groups is 1. The van der Waals surface area contributed by atoms with Crippen LogP contribution in [0.25, 0.3) is 0 Å². The van der Waals surface area contributed by atoms with Gasteiger partial charge < -0.3 is 5.32 Å². The molecule has 0 aromatic heterocycles. The van der Waals surface area contributed by atoms with Gasteiger partial charge in [0, 0.05) is 17.8 Å². The first-order valence-corrected chi connectivity index (χ1v) is 11.0. The Bertz CT molecular complexity index is 1190. The minimum Gasteiger partial charge on any atom is -0.322 e. The number of amides is 1. The van der Waals surface area contributed by atoms with Gasteiger partial charge in [0.15, 0.2) is 0 Å². The minimum absolute atomic E-state index is 0.0556. The summed E-state index contributed by atoms with van der Waals surface area (Å²) in [5.41, 5.74) is 1.39. The van der Waals surface area contributed by atoms with E-state index < -0.39 is 20.9 Å². The molecule has 1 amide bonds. The van der Waals surface area contributed by atoms with Crippen molar-refractivity contribution < 1.29 is 18.1 Å². The smallest absolute Gasteiger partial charge is 0.285 e. The average molecular weight is 439 g/mol. The van der Waals surface area contributed by atoms with Gasteiger partial charge in [0.1, 0.15) is 5.56 Å². The third-order valence-electron chi connectivity index (χ3n) is 4.64. The van der Waals surface area contributed by atoms with Crippen molar-refractivity contribution in [3.63, 3.8) is 0 Å². The fourth-order valence-corrected chi connectivity index (χ4v) is 4.09. The first-order valence-electron chi connectivity index (χ1n) is 9.47. The van der Waals surface area contributed by atoms with Gasteiger partial charge >= 0.3 is 0 Å². The molecule has 31 heavy (non-hydrogen) atoms. The molecular weight excluding hydrogens is 418 g/mol. The number of hydrogen-bond acceptors (Lipinski definition) is 5. The maximum Gasteiger partial charge on any atom is 0.285 e. The molecule has 0 spiro atoms. The summed E-state index contributed by atoms with van der Waals surface area (Å²) in [5.74, 6) is -0.646. The molecule has 0 fully saturated rings. The highest BCUT2D eigenvalue weighted by molar-refractivity contribution is 7.89. The van der Waals surface area contributed by atoms with E-state index >= 15 is 0 Å². The van der Waals surface area contributed by atoms with E-state index in [1.165, 1.54) is 30.3 Å². The number of para-hydroxylation sites is 1. The number of carbonyl (C=O) groups excluding carboxylic acids is 1. The summed E-state index contributed by atoms with van der Waals surface area (Å²) in [6.45, 7) is 1.81. The molecule has 3 aromatic rings. The summed E-state index contributed by atoms with van der Waals surface area (Å²) in [6.07, 6.45) is 0.559. The molecule has 8 nitrogen and oxygen atoms in total. The standard InChI is InChI=1S/C22H21N3O5S/c1-16-6-5-9-20(21(16)25(27)28)22(26)24-18-10-12-19(13-11-18)31(29,30)23-15-14-17-7-3-2-4-8-17/h2-13,23H,14-15H2,1H3,(H,24,26). The second-order valence-electron chi connectivity index (χ2n) is 6.84. The Kier molecular flexibility index (Phi) is 6.78. The first kappa shape index (κ1) is 22.1. The van der Waals surface area contributed by atoms with Gasteiger partial charge in [-0.3, -0.25) is 14.9 Å². The summed E-state index contributed by atoms with van der Waals surface area (Å²) in [6, 6.07) is 19.6. The predicted molar refractivity (Wildman–Crippen MR) is 118 cm³/mol. The fourth-order valence-electron chi connectivity index (χ4n) is 3.06. The second-order valence-corrected chi connectivity index (χ2v) is 8.61. The van der Waals surface area contributed by atoms with Crippen LogP contribution >= 0.6 is 0 Å². The van der Waals surface area contributed by atoms with Gasteiger partial charge in [-0.25, -0.2) is 13.1 Å². The normalized spacial score (nSPS) is 11.1. The molecule has 2 N–H and O–H groups in total. The second kappa shape index (κ2) is 9.50. The number of benzene rings is 3. The molecule has 0 bridgehead atoms. The Balaban J connectivity index is 1.67. The number of hydrogen-bond donors (Lipinski definition) is 2. The summed E-state index contributed by atoms with van der Waals surface area (Å²) in [7, 11) is -3.70. The van der Waals surface area contributed by atoms with Crippen molar-refractivity contribution in [2.45, 2.75) is 18.2 Å². The Morgan fingerprint density at radius 1 is 0.968 bits per heavy atom. The lowest BCUT2D eigenvalue weighted by Gasteiger charge is -2.09. The number of rotatable bonds is 8. The highest BCUT2D eigenvalue weighted by Gasteiger charge is 2.22. The van der Waals surface area contributed by atoms with Crippen molar-refractivity contribution >= 4 is 27.3 Å². The molecule has 0 aliphatic rings. The molecule has 160 valence electrons. The molecule has 0 aliphatic carbocycles. The highest BCUT2D eigenvalue weighted by Crippen LogP contribution is 2.24. The molecular formula is C22H21N3O5S. The zero-order valence-electron chi connectivity index (χ0n) is 16.7. The lowest BCUT2D eigenvalue weighted by atomic mass is 10.1. The van der Waals surface area contributed by atoms with Crippen LogP contribution < -0.4 is 10.0 Å². The van der Waals surface area contributed by atoms with Gasteiger partial charge in [0.25, 0.3) is 11.6 Å². The Hall–Kier alpha value is -3.56. The third kappa shape index (κ3) is 5.53. The molecule has 3 rings (SSSR count). The monoisotopic (exact) mass is 439 g/mol. The van der Waals surface area contributed by atoms with E-state index in [1.54, 1.807) is 19.1 Å². The van der Waals surface area contributed by atoms with E-state index in [0.29, 0.717) is 17.7 Å². The first-order chi connectivity index (χ1) is 14.8. The molecule has 0 atom stereocenters. The summed E-state index contributed by atoms with van der Waals surface area (Å²) in [4.78, 5) is 23.2. The maximum atomic E-state index is 12.5. The minimum atomic E-state index is -3.70. The summed E-state index contributed by atoms with van der Waals surface area (Å²) < 4.78 is 27.5. The largest absolute Gasteiger partial charge is 0.322 e. The van der Waals surface area contributed by atoms with Crippen LogP contribution in [0.5, 0.6) is 0 Å². The molecule has 0 heterocycles. The molecule has 0 saturated heterocycles. The SMILES string of the molecule is Cc1cccc(C(=O)Nc2ccc(S(=O)(=O)NCCc3ccccc3)cc2)c1[N+](=O)[O-].